The Morgan fingerprint density at radius 2 is 2.36 bits per heavy atom. The molecule has 0 rings (SSSR count). The smallest absolute Gasteiger partial charge is 0.312 e. The number of allylic oxidation sites excluding steroid dienone is 1. The third-order valence-corrected chi connectivity index (χ3v) is 1.07. The van der Waals surface area contributed by atoms with Crippen LogP contribution in [0.25, 0.3) is 0 Å². The molecule has 64 valence electrons. The SMILES string of the molecule is C/C=C/OC(=O)CC(N)CN. The largest absolute Gasteiger partial charge is 0.435 e. The molecule has 0 aliphatic carbocycles. The first-order valence-corrected chi connectivity index (χ1v) is 3.47. The summed E-state index contributed by atoms with van der Waals surface area (Å²) in [7, 11) is 0. The highest BCUT2D eigenvalue weighted by Crippen LogP contribution is 1.90. The van der Waals surface area contributed by atoms with Gasteiger partial charge in [0.15, 0.2) is 0 Å². The molecule has 1 unspecified atom stereocenters. The minimum Gasteiger partial charge on any atom is -0.435 e. The number of carbonyl (C=O) groups is 1. The third kappa shape index (κ3) is 5.57. The summed E-state index contributed by atoms with van der Waals surface area (Å²) in [6.07, 6.45) is 3.12. The molecule has 0 fully saturated rings. The van der Waals surface area contributed by atoms with Crippen LogP contribution in [0.3, 0.4) is 0 Å². The molecule has 0 aromatic heterocycles. The van der Waals surface area contributed by atoms with E-state index in [4.69, 9.17) is 11.5 Å². The van der Waals surface area contributed by atoms with E-state index >= 15 is 0 Å². The van der Waals surface area contributed by atoms with Crippen LogP contribution in [-0.2, 0) is 9.53 Å². The fourth-order valence-corrected chi connectivity index (χ4v) is 0.489. The fraction of sp³-hybridized carbons (Fsp3) is 0.571. The van der Waals surface area contributed by atoms with Crippen molar-refractivity contribution in [3.8, 4) is 0 Å². The molecule has 11 heavy (non-hydrogen) atoms. The van der Waals surface area contributed by atoms with Gasteiger partial charge >= 0.3 is 5.97 Å². The van der Waals surface area contributed by atoms with Gasteiger partial charge in [-0.05, 0) is 6.92 Å². The maximum Gasteiger partial charge on any atom is 0.312 e. The molecule has 0 aliphatic heterocycles. The number of ether oxygens (including phenoxy) is 1. The van der Waals surface area contributed by atoms with Crippen LogP contribution >= 0.6 is 0 Å². The Labute approximate surface area is 66.2 Å². The minimum atomic E-state index is -0.346. The Balaban J connectivity index is 3.52. The second-order valence-electron chi connectivity index (χ2n) is 2.16. The van der Waals surface area contributed by atoms with Crippen LogP contribution in [0.15, 0.2) is 12.3 Å². The molecule has 4 heteroatoms. The van der Waals surface area contributed by atoms with E-state index in [1.807, 2.05) is 0 Å². The van der Waals surface area contributed by atoms with Crippen molar-refractivity contribution in [2.75, 3.05) is 6.54 Å². The number of nitrogens with two attached hydrogens (primary N) is 2. The van der Waals surface area contributed by atoms with Crippen molar-refractivity contribution in [1.82, 2.24) is 0 Å². The zero-order chi connectivity index (χ0) is 8.69. The first kappa shape index (κ1) is 10.1. The molecule has 0 amide bonds. The van der Waals surface area contributed by atoms with Crippen molar-refractivity contribution >= 4 is 5.97 Å². The van der Waals surface area contributed by atoms with E-state index in [2.05, 4.69) is 4.74 Å². The Morgan fingerprint density at radius 1 is 1.73 bits per heavy atom. The summed E-state index contributed by atoms with van der Waals surface area (Å²) in [6, 6.07) is -0.298. The number of esters is 1. The summed E-state index contributed by atoms with van der Waals surface area (Å²) >= 11 is 0. The molecular weight excluding hydrogens is 144 g/mol. The standard InChI is InChI=1S/C7H14N2O2/c1-2-3-11-7(10)4-6(9)5-8/h2-3,6H,4-5,8-9H2,1H3/b3-2+. The van der Waals surface area contributed by atoms with E-state index in [0.717, 1.165) is 0 Å². The molecule has 0 aromatic rings. The van der Waals surface area contributed by atoms with Crippen molar-refractivity contribution < 1.29 is 9.53 Å². The van der Waals surface area contributed by atoms with E-state index in [1.54, 1.807) is 13.0 Å². The summed E-state index contributed by atoms with van der Waals surface area (Å²) in [5.41, 5.74) is 10.6. The molecule has 0 bridgehead atoms. The van der Waals surface area contributed by atoms with Crippen LogP contribution < -0.4 is 11.5 Å². The lowest BCUT2D eigenvalue weighted by atomic mass is 10.2. The first-order valence-electron chi connectivity index (χ1n) is 3.47. The normalized spacial score (nSPS) is 13.4. The van der Waals surface area contributed by atoms with Gasteiger partial charge in [0.25, 0.3) is 0 Å². The van der Waals surface area contributed by atoms with Gasteiger partial charge in [0.05, 0.1) is 12.7 Å². The van der Waals surface area contributed by atoms with E-state index < -0.39 is 0 Å². The highest BCUT2D eigenvalue weighted by Gasteiger charge is 2.06. The number of hydrogen-bond donors (Lipinski definition) is 2. The average molecular weight is 158 g/mol. The fourth-order valence-electron chi connectivity index (χ4n) is 0.489. The van der Waals surface area contributed by atoms with Gasteiger partial charge < -0.3 is 16.2 Å². The summed E-state index contributed by atoms with van der Waals surface area (Å²) in [5, 5.41) is 0. The monoisotopic (exact) mass is 158 g/mol. The molecule has 0 aromatic carbocycles. The molecule has 0 saturated heterocycles. The molecule has 0 saturated carbocycles. The Morgan fingerprint density at radius 3 is 2.82 bits per heavy atom. The van der Waals surface area contributed by atoms with Crippen LogP contribution in [0.5, 0.6) is 0 Å². The van der Waals surface area contributed by atoms with Gasteiger partial charge in [-0.1, -0.05) is 6.08 Å². The van der Waals surface area contributed by atoms with Gasteiger partial charge in [-0.25, -0.2) is 0 Å². The number of rotatable bonds is 4. The second-order valence-corrected chi connectivity index (χ2v) is 2.16. The maximum atomic E-state index is 10.8. The van der Waals surface area contributed by atoms with Gasteiger partial charge in [-0.2, -0.15) is 0 Å². The van der Waals surface area contributed by atoms with Crippen molar-refractivity contribution in [3.05, 3.63) is 12.3 Å². The Hall–Kier alpha value is -0.870. The first-order chi connectivity index (χ1) is 5.20. The van der Waals surface area contributed by atoms with Gasteiger partial charge in [0.1, 0.15) is 0 Å². The van der Waals surface area contributed by atoms with E-state index in [-0.39, 0.29) is 18.4 Å². The van der Waals surface area contributed by atoms with Crippen LogP contribution in [0, 0.1) is 0 Å². The topological polar surface area (TPSA) is 78.3 Å². The van der Waals surface area contributed by atoms with Crippen LogP contribution in [-0.4, -0.2) is 18.6 Å². The Bertz CT molecular complexity index is 145. The molecule has 0 heterocycles. The number of carbonyl (C=O) groups excluding carboxylic acids is 1. The lowest BCUT2D eigenvalue weighted by Crippen LogP contribution is -2.32. The summed E-state index contributed by atoms with van der Waals surface area (Å²) in [6.45, 7) is 2.06. The van der Waals surface area contributed by atoms with Crippen LogP contribution in [0.4, 0.5) is 0 Å². The third-order valence-electron chi connectivity index (χ3n) is 1.07. The van der Waals surface area contributed by atoms with E-state index in [9.17, 15) is 4.79 Å². The zero-order valence-corrected chi connectivity index (χ0v) is 6.62. The maximum absolute atomic E-state index is 10.8. The molecule has 4 N–H and O–H groups in total. The summed E-state index contributed by atoms with van der Waals surface area (Å²) in [5.74, 6) is -0.346. The predicted octanol–water partition coefficient (Wildman–Crippen LogP) is -0.261. The average Bonchev–Trinajstić information content (AvgIpc) is 2.00. The number of hydrogen-bond acceptors (Lipinski definition) is 4. The Kier molecular flexibility index (Phi) is 5.42. The van der Waals surface area contributed by atoms with Crippen molar-refractivity contribution in [2.24, 2.45) is 11.5 Å². The van der Waals surface area contributed by atoms with Crippen LogP contribution in [0.1, 0.15) is 13.3 Å². The van der Waals surface area contributed by atoms with Gasteiger partial charge in [0, 0.05) is 12.6 Å². The summed E-state index contributed by atoms with van der Waals surface area (Å²) in [4.78, 5) is 10.8. The molecule has 0 aliphatic rings. The lowest BCUT2D eigenvalue weighted by molar-refractivity contribution is -0.138. The van der Waals surface area contributed by atoms with Gasteiger partial charge in [-0.15, -0.1) is 0 Å². The van der Waals surface area contributed by atoms with Crippen molar-refractivity contribution in [2.45, 2.75) is 19.4 Å². The predicted molar refractivity (Wildman–Crippen MR) is 42.6 cm³/mol. The lowest BCUT2D eigenvalue weighted by Gasteiger charge is -2.05. The van der Waals surface area contributed by atoms with Crippen LogP contribution in [0.2, 0.25) is 0 Å². The summed E-state index contributed by atoms with van der Waals surface area (Å²) < 4.78 is 4.61. The van der Waals surface area contributed by atoms with Gasteiger partial charge in [0.2, 0.25) is 0 Å². The van der Waals surface area contributed by atoms with E-state index in [0.29, 0.717) is 6.54 Å². The minimum absolute atomic E-state index is 0.167. The van der Waals surface area contributed by atoms with Crippen molar-refractivity contribution in [1.29, 1.82) is 0 Å². The molecule has 4 nitrogen and oxygen atoms in total. The second kappa shape index (κ2) is 5.88. The quantitative estimate of drug-likeness (QED) is 0.436. The van der Waals surface area contributed by atoms with Gasteiger partial charge in [-0.3, -0.25) is 4.79 Å². The molecule has 0 spiro atoms. The van der Waals surface area contributed by atoms with Crippen molar-refractivity contribution in [3.63, 3.8) is 0 Å². The van der Waals surface area contributed by atoms with E-state index in [1.165, 1.54) is 6.26 Å². The molecule has 0 radical (unpaired) electrons. The zero-order valence-electron chi connectivity index (χ0n) is 6.62. The highest BCUT2D eigenvalue weighted by molar-refractivity contribution is 5.70. The highest BCUT2D eigenvalue weighted by atomic mass is 16.5. The molecule has 1 atom stereocenters. The molecular formula is C7H14N2O2.